The number of carbonyl (C=O) groups excluding carboxylic acids is 2. The largest absolute Gasteiger partial charge is 0.464 e. The molecule has 0 aliphatic rings. The molecule has 1 heterocycles. The van der Waals surface area contributed by atoms with E-state index in [-0.39, 0.29) is 11.9 Å². The molecule has 5 nitrogen and oxygen atoms in total. The van der Waals surface area contributed by atoms with Crippen LogP contribution in [0.1, 0.15) is 58.4 Å². The molecule has 0 aliphatic carbocycles. The molecule has 0 aliphatic heterocycles. The second kappa shape index (κ2) is 10.8. The number of aromatic nitrogens is 1. The molecular formula is C22H32N2O3. The summed E-state index contributed by atoms with van der Waals surface area (Å²) in [4.78, 5) is 28.1. The third kappa shape index (κ3) is 6.74. The maximum absolute atomic E-state index is 12.6. The molecule has 27 heavy (non-hydrogen) atoms. The van der Waals surface area contributed by atoms with Gasteiger partial charge in [-0.15, -0.1) is 0 Å². The van der Waals surface area contributed by atoms with Crippen LogP contribution < -0.4 is 5.32 Å². The standard InChI is InChI=1S/C22H32N2O3/c1-4-5-8-13-27-22(26)20(24-21(25)12-11-16(2)3)14-17-15-23-19-10-7-6-9-18(17)19/h6-7,9-10,15-16,20,23H,4-5,8,11-14H2,1-3H3,(H,24,25)/t20-/m0/s1. The summed E-state index contributed by atoms with van der Waals surface area (Å²) in [6, 6.07) is 7.30. The van der Waals surface area contributed by atoms with Gasteiger partial charge in [-0.05, 0) is 30.4 Å². The van der Waals surface area contributed by atoms with Gasteiger partial charge in [-0.1, -0.05) is 51.8 Å². The van der Waals surface area contributed by atoms with Crippen molar-refractivity contribution in [3.05, 3.63) is 36.0 Å². The van der Waals surface area contributed by atoms with Gasteiger partial charge in [0.2, 0.25) is 5.91 Å². The highest BCUT2D eigenvalue weighted by atomic mass is 16.5. The highest BCUT2D eigenvalue weighted by molar-refractivity contribution is 5.87. The maximum Gasteiger partial charge on any atom is 0.328 e. The number of unbranched alkanes of at least 4 members (excludes halogenated alkanes) is 2. The van der Waals surface area contributed by atoms with Gasteiger partial charge in [0.25, 0.3) is 0 Å². The average molecular weight is 373 g/mol. The van der Waals surface area contributed by atoms with E-state index in [1.807, 2.05) is 30.5 Å². The Balaban J connectivity index is 2.05. The lowest BCUT2D eigenvalue weighted by Crippen LogP contribution is -2.43. The zero-order chi connectivity index (χ0) is 19.6. The van der Waals surface area contributed by atoms with E-state index in [0.717, 1.165) is 42.1 Å². The number of esters is 1. The van der Waals surface area contributed by atoms with Crippen LogP contribution >= 0.6 is 0 Å². The summed E-state index contributed by atoms with van der Waals surface area (Å²) in [5, 5.41) is 3.96. The zero-order valence-corrected chi connectivity index (χ0v) is 16.7. The number of rotatable bonds is 11. The lowest BCUT2D eigenvalue weighted by atomic mass is 10.0. The van der Waals surface area contributed by atoms with Crippen LogP contribution in [0.2, 0.25) is 0 Å². The van der Waals surface area contributed by atoms with E-state index < -0.39 is 6.04 Å². The quantitative estimate of drug-likeness (QED) is 0.455. The second-order valence-electron chi connectivity index (χ2n) is 7.49. The summed E-state index contributed by atoms with van der Waals surface area (Å²) in [5.41, 5.74) is 2.03. The number of amides is 1. The van der Waals surface area contributed by atoms with Gasteiger partial charge >= 0.3 is 5.97 Å². The van der Waals surface area contributed by atoms with Crippen molar-refractivity contribution >= 4 is 22.8 Å². The third-order valence-corrected chi connectivity index (χ3v) is 4.66. The number of carbonyl (C=O) groups is 2. The van der Waals surface area contributed by atoms with Crippen molar-refractivity contribution in [1.29, 1.82) is 0 Å². The molecule has 5 heteroatoms. The maximum atomic E-state index is 12.6. The SMILES string of the molecule is CCCCCOC(=O)[C@H](Cc1c[nH]c2ccccc12)NC(=O)CCC(C)C. The predicted octanol–water partition coefficient (Wildman–Crippen LogP) is 4.36. The molecule has 0 saturated carbocycles. The van der Waals surface area contributed by atoms with Crippen molar-refractivity contribution in [2.24, 2.45) is 5.92 Å². The van der Waals surface area contributed by atoms with Gasteiger partial charge in [-0.2, -0.15) is 0 Å². The van der Waals surface area contributed by atoms with Crippen molar-refractivity contribution in [3.63, 3.8) is 0 Å². The number of hydrogen-bond donors (Lipinski definition) is 2. The lowest BCUT2D eigenvalue weighted by molar-refractivity contribution is -0.148. The number of H-pyrrole nitrogens is 1. The van der Waals surface area contributed by atoms with Crippen LogP contribution in [-0.4, -0.2) is 29.5 Å². The fraction of sp³-hybridized carbons (Fsp3) is 0.545. The Morgan fingerprint density at radius 2 is 1.96 bits per heavy atom. The summed E-state index contributed by atoms with van der Waals surface area (Å²) in [6.45, 7) is 6.67. The van der Waals surface area contributed by atoms with Gasteiger partial charge in [0.1, 0.15) is 6.04 Å². The number of hydrogen-bond acceptors (Lipinski definition) is 3. The summed E-state index contributed by atoms with van der Waals surface area (Å²) in [7, 11) is 0. The van der Waals surface area contributed by atoms with Crippen LogP contribution in [0.25, 0.3) is 10.9 Å². The molecule has 0 radical (unpaired) electrons. The van der Waals surface area contributed by atoms with Gasteiger partial charge in [0, 0.05) is 29.9 Å². The van der Waals surface area contributed by atoms with E-state index >= 15 is 0 Å². The van der Waals surface area contributed by atoms with E-state index in [2.05, 4.69) is 31.1 Å². The monoisotopic (exact) mass is 372 g/mol. The summed E-state index contributed by atoms with van der Waals surface area (Å²) >= 11 is 0. The van der Waals surface area contributed by atoms with Crippen LogP contribution in [0.5, 0.6) is 0 Å². The van der Waals surface area contributed by atoms with Gasteiger partial charge in [-0.25, -0.2) is 4.79 Å². The predicted molar refractivity (Wildman–Crippen MR) is 108 cm³/mol. The molecule has 0 unspecified atom stereocenters. The van der Waals surface area contributed by atoms with Crippen LogP contribution in [0, 0.1) is 5.92 Å². The third-order valence-electron chi connectivity index (χ3n) is 4.66. The Hall–Kier alpha value is -2.30. The molecule has 0 spiro atoms. The van der Waals surface area contributed by atoms with Crippen molar-refractivity contribution in [1.82, 2.24) is 10.3 Å². The lowest BCUT2D eigenvalue weighted by Gasteiger charge is -2.18. The van der Waals surface area contributed by atoms with Crippen molar-refractivity contribution in [3.8, 4) is 0 Å². The Morgan fingerprint density at radius 3 is 2.70 bits per heavy atom. The summed E-state index contributed by atoms with van der Waals surface area (Å²) < 4.78 is 5.43. The molecule has 0 saturated heterocycles. The molecule has 1 aromatic carbocycles. The van der Waals surface area contributed by atoms with Crippen molar-refractivity contribution in [2.75, 3.05) is 6.61 Å². The number of ether oxygens (including phenoxy) is 1. The molecule has 2 rings (SSSR count). The second-order valence-corrected chi connectivity index (χ2v) is 7.49. The first-order chi connectivity index (χ1) is 13.0. The van der Waals surface area contributed by atoms with Crippen molar-refractivity contribution in [2.45, 2.75) is 65.3 Å². The summed E-state index contributed by atoms with van der Waals surface area (Å²) in [5.74, 6) is -0.00265. The van der Waals surface area contributed by atoms with Gasteiger partial charge in [-0.3, -0.25) is 4.79 Å². The number of benzene rings is 1. The first kappa shape index (κ1) is 21.0. The van der Waals surface area contributed by atoms with Gasteiger partial charge < -0.3 is 15.0 Å². The molecule has 2 aromatic rings. The number of nitrogens with one attached hydrogen (secondary N) is 2. The Kier molecular flexibility index (Phi) is 8.37. The Labute approximate surface area is 161 Å². The number of aromatic amines is 1. The minimum Gasteiger partial charge on any atom is -0.464 e. The minimum absolute atomic E-state index is 0.0981. The van der Waals surface area contributed by atoms with E-state index in [1.54, 1.807) is 0 Å². The molecule has 2 N–H and O–H groups in total. The molecule has 1 aromatic heterocycles. The smallest absolute Gasteiger partial charge is 0.328 e. The zero-order valence-electron chi connectivity index (χ0n) is 16.7. The van der Waals surface area contributed by atoms with Gasteiger partial charge in [0.15, 0.2) is 0 Å². The molecule has 148 valence electrons. The molecular weight excluding hydrogens is 340 g/mol. The van der Waals surface area contributed by atoms with E-state index in [9.17, 15) is 9.59 Å². The summed E-state index contributed by atoms with van der Waals surface area (Å²) in [6.07, 6.45) is 6.50. The van der Waals surface area contributed by atoms with E-state index in [1.165, 1.54) is 0 Å². The highest BCUT2D eigenvalue weighted by Crippen LogP contribution is 2.19. The fourth-order valence-electron chi connectivity index (χ4n) is 3.03. The van der Waals surface area contributed by atoms with Crippen LogP contribution in [0.15, 0.2) is 30.5 Å². The molecule has 1 atom stereocenters. The first-order valence-corrected chi connectivity index (χ1v) is 10.0. The average Bonchev–Trinajstić information content (AvgIpc) is 3.06. The normalized spacial score (nSPS) is 12.3. The highest BCUT2D eigenvalue weighted by Gasteiger charge is 2.24. The van der Waals surface area contributed by atoms with Crippen molar-refractivity contribution < 1.29 is 14.3 Å². The van der Waals surface area contributed by atoms with Gasteiger partial charge in [0.05, 0.1) is 6.61 Å². The van der Waals surface area contributed by atoms with E-state index in [0.29, 0.717) is 25.4 Å². The van der Waals surface area contributed by atoms with E-state index in [4.69, 9.17) is 4.74 Å². The Morgan fingerprint density at radius 1 is 1.19 bits per heavy atom. The minimum atomic E-state index is -0.662. The fourth-order valence-corrected chi connectivity index (χ4v) is 3.03. The topological polar surface area (TPSA) is 71.2 Å². The Bertz CT molecular complexity index is 736. The molecule has 0 bridgehead atoms. The van der Waals surface area contributed by atoms with Crippen LogP contribution in [0.3, 0.4) is 0 Å². The molecule has 1 amide bonds. The first-order valence-electron chi connectivity index (χ1n) is 10.0. The number of para-hydroxylation sites is 1. The van der Waals surface area contributed by atoms with Crippen LogP contribution in [0.4, 0.5) is 0 Å². The van der Waals surface area contributed by atoms with Crippen LogP contribution in [-0.2, 0) is 20.7 Å². The number of fused-ring (bicyclic) bond motifs is 1. The molecule has 0 fully saturated rings.